The summed E-state index contributed by atoms with van der Waals surface area (Å²) in [6, 6.07) is 13.6. The predicted octanol–water partition coefficient (Wildman–Crippen LogP) is 5.65. The molecule has 0 unspecified atom stereocenters. The van der Waals surface area contributed by atoms with E-state index in [4.69, 9.17) is 11.6 Å². The van der Waals surface area contributed by atoms with Crippen LogP contribution in [0.3, 0.4) is 0 Å². The Bertz CT molecular complexity index is 1410. The lowest BCUT2D eigenvalue weighted by Gasteiger charge is -2.34. The first-order valence-electron chi connectivity index (χ1n) is 11.5. The molecule has 0 aliphatic carbocycles. The summed E-state index contributed by atoms with van der Waals surface area (Å²) < 4.78 is 42.4. The van der Waals surface area contributed by atoms with Crippen molar-refractivity contribution >= 4 is 34.5 Å². The summed E-state index contributed by atoms with van der Waals surface area (Å²) in [5.74, 6) is -0.401. The molecule has 0 spiro atoms. The Kier molecular flexibility index (Phi) is 6.76. The van der Waals surface area contributed by atoms with Crippen molar-refractivity contribution in [1.82, 2.24) is 24.4 Å². The fraction of sp³-hybridized carbons (Fsp3) is 0.320. The van der Waals surface area contributed by atoms with Gasteiger partial charge < -0.3 is 4.90 Å². The van der Waals surface area contributed by atoms with Gasteiger partial charge in [0.1, 0.15) is 0 Å². The zero-order valence-corrected chi connectivity index (χ0v) is 21.0. The molecule has 0 radical (unpaired) electrons. The minimum atomic E-state index is -4.65. The molecule has 0 saturated carbocycles. The minimum Gasteiger partial charge on any atom is -0.335 e. The fourth-order valence-corrected chi connectivity index (χ4v) is 5.40. The molecule has 0 N–H and O–H groups in total. The van der Waals surface area contributed by atoms with Gasteiger partial charge in [-0.1, -0.05) is 30.7 Å². The molecule has 0 atom stereocenters. The Labute approximate surface area is 214 Å². The maximum Gasteiger partial charge on any atom is 0.433 e. The fourth-order valence-electron chi connectivity index (χ4n) is 4.28. The van der Waals surface area contributed by atoms with Gasteiger partial charge in [-0.25, -0.2) is 9.50 Å². The van der Waals surface area contributed by atoms with Gasteiger partial charge in [0.2, 0.25) is 0 Å². The number of aromatic nitrogens is 3. The van der Waals surface area contributed by atoms with Gasteiger partial charge >= 0.3 is 6.18 Å². The summed E-state index contributed by atoms with van der Waals surface area (Å²) >= 11 is 7.47. The number of rotatable bonds is 5. The Balaban J connectivity index is 1.37. The molecule has 188 valence electrons. The van der Waals surface area contributed by atoms with Crippen LogP contribution in [0.5, 0.6) is 0 Å². The number of alkyl halides is 3. The second kappa shape index (κ2) is 9.84. The third kappa shape index (κ3) is 5.11. The van der Waals surface area contributed by atoms with E-state index in [2.05, 4.69) is 15.0 Å². The van der Waals surface area contributed by atoms with E-state index in [1.54, 1.807) is 11.0 Å². The van der Waals surface area contributed by atoms with E-state index in [9.17, 15) is 18.0 Å². The first-order valence-corrected chi connectivity index (χ1v) is 12.7. The number of thiophene rings is 1. The van der Waals surface area contributed by atoms with Crippen LogP contribution in [0.4, 0.5) is 13.2 Å². The first kappa shape index (κ1) is 24.7. The zero-order chi connectivity index (χ0) is 25.4. The van der Waals surface area contributed by atoms with E-state index in [0.717, 1.165) is 27.4 Å². The van der Waals surface area contributed by atoms with Crippen LogP contribution in [0, 0.1) is 0 Å². The highest BCUT2D eigenvalue weighted by Gasteiger charge is 2.36. The molecule has 1 fully saturated rings. The SMILES string of the molecule is CCc1ccc(-c2cc(C(F)(F)F)n3nc(C(=O)N4CCN(Cc5cccc(Cl)c5)CC4)cc3n2)s1. The minimum absolute atomic E-state index is 0.00536. The number of aryl methyl sites for hydroxylation is 1. The van der Waals surface area contributed by atoms with Crippen molar-refractivity contribution in [1.29, 1.82) is 0 Å². The topological polar surface area (TPSA) is 53.7 Å². The lowest BCUT2D eigenvalue weighted by atomic mass is 10.2. The number of benzene rings is 1. The van der Waals surface area contributed by atoms with Gasteiger partial charge in [-0.3, -0.25) is 9.69 Å². The van der Waals surface area contributed by atoms with E-state index in [-0.39, 0.29) is 17.0 Å². The first-order chi connectivity index (χ1) is 17.2. The number of halogens is 4. The molecule has 3 aromatic heterocycles. The molecule has 1 aliphatic heterocycles. The quantitative estimate of drug-likeness (QED) is 0.333. The summed E-state index contributed by atoms with van der Waals surface area (Å²) in [5, 5.41) is 4.70. The van der Waals surface area contributed by atoms with Crippen LogP contribution >= 0.6 is 22.9 Å². The van der Waals surface area contributed by atoms with E-state index >= 15 is 0 Å². The summed E-state index contributed by atoms with van der Waals surface area (Å²) in [7, 11) is 0. The Morgan fingerprint density at radius 3 is 2.53 bits per heavy atom. The molecule has 1 saturated heterocycles. The molecule has 1 amide bonds. The molecule has 6 nitrogen and oxygen atoms in total. The number of piperazine rings is 1. The molecular weight excluding hydrogens is 511 g/mol. The molecule has 4 heterocycles. The van der Waals surface area contributed by atoms with Gasteiger partial charge in [0, 0.05) is 48.7 Å². The highest BCUT2D eigenvalue weighted by Crippen LogP contribution is 2.34. The van der Waals surface area contributed by atoms with Crippen molar-refractivity contribution in [3.05, 3.63) is 75.4 Å². The number of hydrogen-bond donors (Lipinski definition) is 0. The summed E-state index contributed by atoms with van der Waals surface area (Å²) in [4.78, 5) is 23.1. The molecule has 11 heteroatoms. The number of carbonyl (C=O) groups excluding carboxylic acids is 1. The summed E-state index contributed by atoms with van der Waals surface area (Å²) in [6.07, 6.45) is -3.87. The van der Waals surface area contributed by atoms with Crippen molar-refractivity contribution in [2.75, 3.05) is 26.2 Å². The highest BCUT2D eigenvalue weighted by atomic mass is 35.5. The molecule has 5 rings (SSSR count). The average molecular weight is 534 g/mol. The number of fused-ring (bicyclic) bond motifs is 1. The number of amides is 1. The van der Waals surface area contributed by atoms with Crippen LogP contribution in [-0.4, -0.2) is 56.5 Å². The van der Waals surface area contributed by atoms with Gasteiger partial charge in [-0.05, 0) is 42.3 Å². The van der Waals surface area contributed by atoms with Crippen molar-refractivity contribution in [2.45, 2.75) is 26.1 Å². The maximum absolute atomic E-state index is 13.9. The van der Waals surface area contributed by atoms with E-state index in [0.29, 0.717) is 42.6 Å². The van der Waals surface area contributed by atoms with Crippen molar-refractivity contribution in [3.63, 3.8) is 0 Å². The van der Waals surface area contributed by atoms with Gasteiger partial charge in [-0.15, -0.1) is 11.3 Å². The Morgan fingerprint density at radius 2 is 1.86 bits per heavy atom. The summed E-state index contributed by atoms with van der Waals surface area (Å²) in [5.41, 5.74) is 0.288. The van der Waals surface area contributed by atoms with Crippen LogP contribution in [-0.2, 0) is 19.1 Å². The average Bonchev–Trinajstić information content (AvgIpc) is 3.50. The van der Waals surface area contributed by atoms with Crippen molar-refractivity contribution in [2.24, 2.45) is 0 Å². The largest absolute Gasteiger partial charge is 0.433 e. The standard InChI is InChI=1S/C25H23ClF3N5OS/c1-2-18-6-7-21(36-18)19-13-22(25(27,28)29)34-23(30-19)14-20(31-34)24(35)33-10-8-32(9-11-33)15-16-4-3-5-17(26)12-16/h3-7,12-14H,2,8-11,15H2,1H3. The second-order valence-electron chi connectivity index (χ2n) is 8.64. The molecule has 36 heavy (non-hydrogen) atoms. The van der Waals surface area contributed by atoms with Gasteiger partial charge in [0.25, 0.3) is 5.91 Å². The lowest BCUT2D eigenvalue weighted by molar-refractivity contribution is -0.142. The van der Waals surface area contributed by atoms with Gasteiger partial charge in [0.15, 0.2) is 17.0 Å². The van der Waals surface area contributed by atoms with E-state index in [1.165, 1.54) is 17.4 Å². The van der Waals surface area contributed by atoms with Crippen LogP contribution in [0.2, 0.25) is 5.02 Å². The predicted molar refractivity (Wildman–Crippen MR) is 133 cm³/mol. The van der Waals surface area contributed by atoms with Crippen molar-refractivity contribution in [3.8, 4) is 10.6 Å². The number of nitrogens with zero attached hydrogens (tertiary/aromatic N) is 5. The van der Waals surface area contributed by atoms with E-state index < -0.39 is 17.8 Å². The monoisotopic (exact) mass is 533 g/mol. The molecular formula is C25H23ClF3N5OS. The van der Waals surface area contributed by atoms with Crippen LogP contribution < -0.4 is 0 Å². The van der Waals surface area contributed by atoms with Crippen LogP contribution in [0.15, 0.2) is 48.5 Å². The van der Waals surface area contributed by atoms with E-state index in [1.807, 2.05) is 37.3 Å². The van der Waals surface area contributed by atoms with Crippen molar-refractivity contribution < 1.29 is 18.0 Å². The summed E-state index contributed by atoms with van der Waals surface area (Å²) in [6.45, 7) is 4.88. The molecule has 4 aromatic rings. The number of carbonyl (C=O) groups is 1. The zero-order valence-electron chi connectivity index (χ0n) is 19.4. The smallest absolute Gasteiger partial charge is 0.335 e. The maximum atomic E-state index is 13.9. The molecule has 1 aliphatic rings. The Morgan fingerprint density at radius 1 is 1.08 bits per heavy atom. The third-order valence-electron chi connectivity index (χ3n) is 6.15. The van der Waals surface area contributed by atoms with Gasteiger partial charge in [-0.2, -0.15) is 18.3 Å². The van der Waals surface area contributed by atoms with Crippen LogP contribution in [0.1, 0.15) is 33.5 Å². The third-order valence-corrected chi connectivity index (χ3v) is 7.64. The molecule has 0 bridgehead atoms. The second-order valence-corrected chi connectivity index (χ2v) is 10.2. The van der Waals surface area contributed by atoms with Crippen LogP contribution in [0.25, 0.3) is 16.2 Å². The molecule has 1 aromatic carbocycles. The highest BCUT2D eigenvalue weighted by molar-refractivity contribution is 7.15. The lowest BCUT2D eigenvalue weighted by Crippen LogP contribution is -2.48. The number of hydrogen-bond acceptors (Lipinski definition) is 5. The Hall–Kier alpha value is -2.95. The van der Waals surface area contributed by atoms with Gasteiger partial charge in [0.05, 0.1) is 10.6 Å². The normalized spacial score (nSPS) is 15.1.